The fourth-order valence-electron chi connectivity index (χ4n) is 2.78. The number of carbonyl (C=O) groups excluding carboxylic acids is 2. The molecule has 2 aromatic rings. The summed E-state index contributed by atoms with van der Waals surface area (Å²) in [5.74, 6) is -1.09. The van der Waals surface area contributed by atoms with Gasteiger partial charge in [0, 0.05) is 18.1 Å². The predicted molar refractivity (Wildman–Crippen MR) is 117 cm³/mol. The van der Waals surface area contributed by atoms with Crippen molar-refractivity contribution in [3.8, 4) is 0 Å². The van der Waals surface area contributed by atoms with Crippen molar-refractivity contribution in [2.75, 3.05) is 21.3 Å². The number of nitrogens with zero attached hydrogens (tertiary/aromatic N) is 2. The summed E-state index contributed by atoms with van der Waals surface area (Å²) in [5.41, 5.74) is 0.247. The van der Waals surface area contributed by atoms with E-state index in [1.54, 1.807) is 62.4 Å². The van der Waals surface area contributed by atoms with Crippen molar-refractivity contribution in [2.45, 2.75) is 26.1 Å². The van der Waals surface area contributed by atoms with Crippen LogP contribution in [-0.2, 0) is 45.7 Å². The lowest BCUT2D eigenvalue weighted by Gasteiger charge is -2.24. The lowest BCUT2D eigenvalue weighted by molar-refractivity contribution is -0.169. The minimum absolute atomic E-state index is 0.00221. The molecule has 0 saturated carbocycles. The van der Waals surface area contributed by atoms with Crippen molar-refractivity contribution in [2.24, 2.45) is 10.3 Å². The highest BCUT2D eigenvalue weighted by atomic mass is 16.7. The molecular weight excluding hydrogens is 416 g/mol. The Morgan fingerprint density at radius 1 is 0.906 bits per heavy atom. The van der Waals surface area contributed by atoms with Gasteiger partial charge in [0.25, 0.3) is 5.60 Å². The van der Waals surface area contributed by atoms with Crippen LogP contribution in [0.5, 0.6) is 0 Å². The third kappa shape index (κ3) is 5.84. The summed E-state index contributed by atoms with van der Waals surface area (Å²) in [4.78, 5) is 34.8. The monoisotopic (exact) mass is 442 g/mol. The first kappa shape index (κ1) is 24.4. The molecule has 0 spiro atoms. The summed E-state index contributed by atoms with van der Waals surface area (Å²) in [7, 11) is 3.87. The normalized spacial score (nSPS) is 13.5. The molecule has 9 nitrogen and oxygen atoms in total. The number of methoxy groups -OCH3 is 2. The third-order valence-electron chi connectivity index (χ3n) is 4.53. The van der Waals surface area contributed by atoms with Crippen molar-refractivity contribution in [1.82, 2.24) is 0 Å². The van der Waals surface area contributed by atoms with Crippen molar-refractivity contribution in [3.63, 3.8) is 0 Å². The van der Waals surface area contributed by atoms with Gasteiger partial charge in [0.05, 0.1) is 14.2 Å². The Bertz CT molecular complexity index is 989. The molecule has 0 amide bonds. The lowest BCUT2D eigenvalue weighted by Crippen LogP contribution is -2.35. The second-order valence-corrected chi connectivity index (χ2v) is 6.65. The third-order valence-corrected chi connectivity index (χ3v) is 4.53. The van der Waals surface area contributed by atoms with Crippen LogP contribution in [0.25, 0.3) is 0 Å². The zero-order chi connectivity index (χ0) is 23.6. The SMILES string of the molecule is CO/N=C(/C(=O)OC)c1ccccc1CO/C(C)=N\OC(C)(C(=O)OC)c1ccccc1. The van der Waals surface area contributed by atoms with E-state index in [0.717, 1.165) is 0 Å². The van der Waals surface area contributed by atoms with Crippen molar-refractivity contribution < 1.29 is 33.5 Å². The second-order valence-electron chi connectivity index (χ2n) is 6.65. The smallest absolute Gasteiger partial charge is 0.360 e. The van der Waals surface area contributed by atoms with E-state index in [4.69, 9.17) is 23.9 Å². The molecule has 0 heterocycles. The van der Waals surface area contributed by atoms with Gasteiger partial charge in [0.2, 0.25) is 5.90 Å². The number of esters is 2. The van der Waals surface area contributed by atoms with E-state index >= 15 is 0 Å². The standard InChI is InChI=1S/C23H26N2O7/c1-16(24-32-23(2,22(27)29-4)18-12-7-6-8-13-18)31-15-17-11-9-10-14-19(17)20(25-30-5)21(26)28-3/h6-14H,15H2,1-5H3/b24-16-,25-20+. The average Bonchev–Trinajstić information content (AvgIpc) is 2.84. The van der Waals surface area contributed by atoms with Gasteiger partial charge < -0.3 is 23.9 Å². The summed E-state index contributed by atoms with van der Waals surface area (Å²) in [6.07, 6.45) is 0. The number of hydrogen-bond donors (Lipinski definition) is 0. The van der Waals surface area contributed by atoms with Crippen LogP contribution in [-0.4, -0.2) is 44.9 Å². The van der Waals surface area contributed by atoms with Gasteiger partial charge in [-0.25, -0.2) is 9.59 Å². The van der Waals surface area contributed by atoms with Crippen LogP contribution in [0.4, 0.5) is 0 Å². The molecule has 1 atom stereocenters. The summed E-state index contributed by atoms with van der Waals surface area (Å²) in [5, 5.41) is 7.73. The number of rotatable bonds is 9. The van der Waals surface area contributed by atoms with Gasteiger partial charge in [-0.2, -0.15) is 0 Å². The Morgan fingerprint density at radius 3 is 2.19 bits per heavy atom. The van der Waals surface area contributed by atoms with Crippen molar-refractivity contribution in [1.29, 1.82) is 0 Å². The largest absolute Gasteiger partial charge is 0.474 e. The van der Waals surface area contributed by atoms with Crippen molar-refractivity contribution >= 4 is 23.5 Å². The Labute approximate surface area is 186 Å². The molecule has 32 heavy (non-hydrogen) atoms. The average molecular weight is 442 g/mol. The summed E-state index contributed by atoms with van der Waals surface area (Å²) in [6.45, 7) is 3.19. The highest BCUT2D eigenvalue weighted by molar-refractivity contribution is 6.43. The highest BCUT2D eigenvalue weighted by Gasteiger charge is 2.40. The number of benzene rings is 2. The lowest BCUT2D eigenvalue weighted by atomic mass is 9.96. The van der Waals surface area contributed by atoms with Crippen LogP contribution in [0.2, 0.25) is 0 Å². The molecule has 0 N–H and O–H groups in total. The Balaban J connectivity index is 2.20. The number of hydrogen-bond acceptors (Lipinski definition) is 9. The predicted octanol–water partition coefficient (Wildman–Crippen LogP) is 3.17. The molecule has 1 unspecified atom stereocenters. The Kier molecular flexibility index (Phi) is 8.76. The van der Waals surface area contributed by atoms with E-state index in [2.05, 4.69) is 10.3 Å². The van der Waals surface area contributed by atoms with E-state index in [9.17, 15) is 9.59 Å². The molecule has 0 radical (unpaired) electrons. The van der Waals surface area contributed by atoms with Gasteiger partial charge >= 0.3 is 11.9 Å². The summed E-state index contributed by atoms with van der Waals surface area (Å²) >= 11 is 0. The molecule has 2 rings (SSSR count). The second kappa shape index (κ2) is 11.5. The van der Waals surface area contributed by atoms with E-state index in [1.165, 1.54) is 21.3 Å². The van der Waals surface area contributed by atoms with Crippen LogP contribution >= 0.6 is 0 Å². The van der Waals surface area contributed by atoms with Crippen LogP contribution in [0, 0.1) is 0 Å². The maximum absolute atomic E-state index is 12.4. The van der Waals surface area contributed by atoms with Crippen LogP contribution in [0.15, 0.2) is 64.9 Å². The van der Waals surface area contributed by atoms with Crippen LogP contribution < -0.4 is 0 Å². The molecular formula is C23H26N2O7. The maximum atomic E-state index is 12.4. The molecule has 0 saturated heterocycles. The van der Waals surface area contributed by atoms with Gasteiger partial charge in [-0.05, 0) is 12.5 Å². The van der Waals surface area contributed by atoms with Crippen molar-refractivity contribution in [3.05, 3.63) is 71.3 Å². The molecule has 0 bridgehead atoms. The van der Waals surface area contributed by atoms with E-state index in [1.807, 2.05) is 6.07 Å². The topological polar surface area (TPSA) is 105 Å². The first-order valence-corrected chi connectivity index (χ1v) is 9.64. The summed E-state index contributed by atoms with van der Waals surface area (Å²) < 4.78 is 15.3. The minimum atomic E-state index is -1.46. The number of ether oxygens (including phenoxy) is 3. The molecule has 2 aromatic carbocycles. The zero-order valence-corrected chi connectivity index (χ0v) is 18.7. The first-order valence-electron chi connectivity index (χ1n) is 9.64. The molecule has 0 aliphatic heterocycles. The molecule has 0 aromatic heterocycles. The fraction of sp³-hybridized carbons (Fsp3) is 0.304. The van der Waals surface area contributed by atoms with E-state index in [0.29, 0.717) is 16.7 Å². The van der Waals surface area contributed by atoms with Crippen LogP contribution in [0.1, 0.15) is 30.5 Å². The molecule has 0 fully saturated rings. The number of oxime groups is 2. The number of carbonyl (C=O) groups is 2. The molecule has 0 aliphatic carbocycles. The van der Waals surface area contributed by atoms with E-state index in [-0.39, 0.29) is 18.2 Å². The molecule has 170 valence electrons. The van der Waals surface area contributed by atoms with Gasteiger partial charge in [-0.3, -0.25) is 0 Å². The Hall–Kier alpha value is -3.88. The summed E-state index contributed by atoms with van der Waals surface area (Å²) in [6, 6.07) is 15.9. The van der Waals surface area contributed by atoms with Gasteiger partial charge in [-0.15, -0.1) is 0 Å². The fourth-order valence-corrected chi connectivity index (χ4v) is 2.78. The minimum Gasteiger partial charge on any atom is -0.474 e. The van der Waals surface area contributed by atoms with Gasteiger partial charge in [0.15, 0.2) is 5.71 Å². The molecule has 9 heteroatoms. The van der Waals surface area contributed by atoms with Crippen LogP contribution in [0.3, 0.4) is 0 Å². The van der Waals surface area contributed by atoms with Gasteiger partial charge in [-0.1, -0.05) is 64.9 Å². The van der Waals surface area contributed by atoms with Gasteiger partial charge in [0.1, 0.15) is 13.7 Å². The first-order chi connectivity index (χ1) is 15.4. The van der Waals surface area contributed by atoms with E-state index < -0.39 is 17.5 Å². The highest BCUT2D eigenvalue weighted by Crippen LogP contribution is 2.27. The maximum Gasteiger partial charge on any atom is 0.360 e. The molecule has 0 aliphatic rings. The Morgan fingerprint density at radius 2 is 1.56 bits per heavy atom. The zero-order valence-electron chi connectivity index (χ0n) is 18.7. The quantitative estimate of drug-likeness (QED) is 0.254.